The largest absolute Gasteiger partial charge is 0.478 e. The van der Waals surface area contributed by atoms with Crippen molar-refractivity contribution in [1.29, 1.82) is 0 Å². The lowest BCUT2D eigenvalue weighted by Crippen LogP contribution is -2.48. The molecule has 0 spiro atoms. The zero-order valence-corrected chi connectivity index (χ0v) is 9.90. The highest BCUT2D eigenvalue weighted by Crippen LogP contribution is 2.39. The van der Waals surface area contributed by atoms with E-state index in [0.29, 0.717) is 16.9 Å². The molecule has 0 aromatic heterocycles. The Kier molecular flexibility index (Phi) is 2.92. The molecule has 1 unspecified atom stereocenters. The third-order valence-electron chi connectivity index (χ3n) is 2.98. The van der Waals surface area contributed by atoms with Crippen molar-refractivity contribution in [1.82, 2.24) is 0 Å². The molecule has 2 rings (SSSR count). The molecule has 0 radical (unpaired) electrons. The summed E-state index contributed by atoms with van der Waals surface area (Å²) in [6.07, 6.45) is -3.65. The van der Waals surface area contributed by atoms with Gasteiger partial charge in [-0.15, -0.1) is 0 Å². The number of hydrogen-bond acceptors (Lipinski definition) is 3. The van der Waals surface area contributed by atoms with Crippen molar-refractivity contribution < 1.29 is 23.1 Å². The summed E-state index contributed by atoms with van der Waals surface area (Å²) in [5.74, 6) is -1.60. The standard InChI is InChI=1S/C12H11F3N2O2/c1-17-9-3-2-7(16)4-6(9)5-8(11(18)19)10(17)12(13,14)15/h2-5,10H,16H2,1H3,(H,18,19). The minimum absolute atomic E-state index is 0.293. The van der Waals surface area contributed by atoms with Gasteiger partial charge >= 0.3 is 12.1 Å². The second-order valence-corrected chi connectivity index (χ2v) is 4.28. The molecule has 1 aromatic rings. The monoisotopic (exact) mass is 272 g/mol. The molecule has 0 saturated carbocycles. The van der Waals surface area contributed by atoms with Crippen molar-refractivity contribution in [3.63, 3.8) is 0 Å². The van der Waals surface area contributed by atoms with Crippen LogP contribution in [0.4, 0.5) is 24.5 Å². The van der Waals surface area contributed by atoms with Gasteiger partial charge in [-0.1, -0.05) is 0 Å². The van der Waals surface area contributed by atoms with Gasteiger partial charge in [-0.2, -0.15) is 13.2 Å². The Balaban J connectivity index is 2.64. The number of alkyl halides is 3. The van der Waals surface area contributed by atoms with Crippen LogP contribution in [0.1, 0.15) is 5.56 Å². The number of anilines is 2. The first-order valence-electron chi connectivity index (χ1n) is 5.36. The Hall–Kier alpha value is -2.18. The molecule has 0 aliphatic carbocycles. The molecule has 1 atom stereocenters. The number of likely N-dealkylation sites (N-methyl/N-ethyl adjacent to an activating group) is 1. The summed E-state index contributed by atoms with van der Waals surface area (Å²) in [6.45, 7) is 0. The fourth-order valence-electron chi connectivity index (χ4n) is 2.18. The summed E-state index contributed by atoms with van der Waals surface area (Å²) in [5.41, 5.74) is 5.85. The third-order valence-corrected chi connectivity index (χ3v) is 2.98. The number of nitrogen functional groups attached to an aromatic ring is 1. The van der Waals surface area contributed by atoms with Crippen LogP contribution in [-0.4, -0.2) is 30.3 Å². The quantitative estimate of drug-likeness (QED) is 0.768. The molecule has 1 aliphatic heterocycles. The molecular weight excluding hydrogens is 261 g/mol. The summed E-state index contributed by atoms with van der Waals surface area (Å²) < 4.78 is 39.0. The Labute approximate surface area is 106 Å². The van der Waals surface area contributed by atoms with E-state index < -0.39 is 23.8 Å². The number of fused-ring (bicyclic) bond motifs is 1. The molecule has 0 fully saturated rings. The van der Waals surface area contributed by atoms with E-state index >= 15 is 0 Å². The highest BCUT2D eigenvalue weighted by Gasteiger charge is 2.49. The molecule has 0 bridgehead atoms. The molecule has 0 saturated heterocycles. The SMILES string of the molecule is CN1c2ccc(N)cc2C=C(C(=O)O)C1C(F)(F)F. The lowest BCUT2D eigenvalue weighted by Gasteiger charge is -2.36. The van der Waals surface area contributed by atoms with Gasteiger partial charge in [0.2, 0.25) is 0 Å². The number of hydrogen-bond donors (Lipinski definition) is 2. The van der Waals surface area contributed by atoms with Gasteiger partial charge in [0.1, 0.15) is 0 Å². The van der Waals surface area contributed by atoms with E-state index in [9.17, 15) is 18.0 Å². The number of nitrogens with zero attached hydrogens (tertiary/aromatic N) is 1. The lowest BCUT2D eigenvalue weighted by molar-refractivity contribution is -0.150. The molecule has 1 heterocycles. The second-order valence-electron chi connectivity index (χ2n) is 4.28. The Morgan fingerprint density at radius 2 is 2.05 bits per heavy atom. The van der Waals surface area contributed by atoms with Crippen LogP contribution >= 0.6 is 0 Å². The van der Waals surface area contributed by atoms with Crippen LogP contribution in [0.2, 0.25) is 0 Å². The molecule has 4 nitrogen and oxygen atoms in total. The highest BCUT2D eigenvalue weighted by atomic mass is 19.4. The van der Waals surface area contributed by atoms with Crippen molar-refractivity contribution >= 4 is 23.4 Å². The van der Waals surface area contributed by atoms with Crippen molar-refractivity contribution in [2.24, 2.45) is 0 Å². The zero-order chi connectivity index (χ0) is 14.4. The fourth-order valence-corrected chi connectivity index (χ4v) is 2.18. The first-order valence-corrected chi connectivity index (χ1v) is 5.36. The summed E-state index contributed by atoms with van der Waals surface area (Å²) in [6, 6.07) is 2.20. The van der Waals surface area contributed by atoms with Gasteiger partial charge in [0, 0.05) is 24.0 Å². The Morgan fingerprint density at radius 3 is 2.58 bits per heavy atom. The normalized spacial score (nSPS) is 18.8. The molecular formula is C12H11F3N2O2. The number of nitrogens with two attached hydrogens (primary N) is 1. The summed E-state index contributed by atoms with van der Waals surface area (Å²) in [5, 5.41) is 8.96. The predicted molar refractivity (Wildman–Crippen MR) is 64.7 cm³/mol. The van der Waals surface area contributed by atoms with Gasteiger partial charge in [0.15, 0.2) is 6.04 Å². The van der Waals surface area contributed by atoms with Gasteiger partial charge in [-0.05, 0) is 24.3 Å². The van der Waals surface area contributed by atoms with E-state index in [2.05, 4.69) is 0 Å². The average Bonchev–Trinajstić information content (AvgIpc) is 2.25. The predicted octanol–water partition coefficient (Wildman–Crippen LogP) is 2.12. The van der Waals surface area contributed by atoms with Gasteiger partial charge < -0.3 is 15.7 Å². The summed E-state index contributed by atoms with van der Waals surface area (Å²) in [4.78, 5) is 11.9. The highest BCUT2D eigenvalue weighted by molar-refractivity contribution is 5.98. The topological polar surface area (TPSA) is 66.6 Å². The maximum atomic E-state index is 13.0. The summed E-state index contributed by atoms with van der Waals surface area (Å²) >= 11 is 0. The van der Waals surface area contributed by atoms with Gasteiger partial charge in [0.25, 0.3) is 0 Å². The van der Waals surface area contributed by atoms with Crippen LogP contribution in [0.3, 0.4) is 0 Å². The van der Waals surface area contributed by atoms with Crippen LogP contribution in [0.5, 0.6) is 0 Å². The number of benzene rings is 1. The van der Waals surface area contributed by atoms with Crippen molar-refractivity contribution in [3.8, 4) is 0 Å². The van der Waals surface area contributed by atoms with E-state index in [-0.39, 0.29) is 0 Å². The van der Waals surface area contributed by atoms with E-state index in [1.165, 1.54) is 25.2 Å². The Bertz CT molecular complexity index is 567. The maximum Gasteiger partial charge on any atom is 0.413 e. The van der Waals surface area contributed by atoms with Crippen molar-refractivity contribution in [3.05, 3.63) is 29.3 Å². The molecule has 102 valence electrons. The summed E-state index contributed by atoms with van der Waals surface area (Å²) in [7, 11) is 1.21. The van der Waals surface area contributed by atoms with E-state index in [1.54, 1.807) is 0 Å². The Morgan fingerprint density at radius 1 is 1.42 bits per heavy atom. The molecule has 7 heteroatoms. The first-order chi connectivity index (χ1) is 8.71. The fraction of sp³-hybridized carbons (Fsp3) is 0.250. The van der Waals surface area contributed by atoms with Crippen LogP contribution in [0.25, 0.3) is 6.08 Å². The van der Waals surface area contributed by atoms with Crippen LogP contribution in [-0.2, 0) is 4.79 Å². The van der Waals surface area contributed by atoms with E-state index in [1.807, 2.05) is 0 Å². The van der Waals surface area contributed by atoms with Crippen LogP contribution < -0.4 is 10.6 Å². The van der Waals surface area contributed by atoms with E-state index in [4.69, 9.17) is 10.8 Å². The number of carboxylic acid groups (broad SMARTS) is 1. The number of carboxylic acids is 1. The van der Waals surface area contributed by atoms with Gasteiger partial charge in [-0.3, -0.25) is 0 Å². The molecule has 19 heavy (non-hydrogen) atoms. The first kappa shape index (κ1) is 13.3. The number of rotatable bonds is 1. The smallest absolute Gasteiger partial charge is 0.413 e. The van der Waals surface area contributed by atoms with E-state index in [0.717, 1.165) is 11.0 Å². The minimum Gasteiger partial charge on any atom is -0.478 e. The number of halogens is 3. The molecule has 1 aromatic carbocycles. The van der Waals surface area contributed by atoms with Crippen molar-refractivity contribution in [2.45, 2.75) is 12.2 Å². The zero-order valence-electron chi connectivity index (χ0n) is 9.90. The molecule has 1 aliphatic rings. The lowest BCUT2D eigenvalue weighted by atomic mass is 9.95. The minimum atomic E-state index is -4.67. The van der Waals surface area contributed by atoms with Gasteiger partial charge in [-0.25, -0.2) is 4.79 Å². The number of aliphatic carboxylic acids is 1. The second kappa shape index (κ2) is 4.18. The maximum absolute atomic E-state index is 13.0. The van der Waals surface area contributed by atoms with Crippen LogP contribution in [0.15, 0.2) is 23.8 Å². The molecule has 3 N–H and O–H groups in total. The van der Waals surface area contributed by atoms with Crippen LogP contribution in [0, 0.1) is 0 Å². The van der Waals surface area contributed by atoms with Crippen molar-refractivity contribution in [2.75, 3.05) is 17.7 Å². The average molecular weight is 272 g/mol. The number of carbonyl (C=O) groups is 1. The molecule has 0 amide bonds. The third kappa shape index (κ3) is 2.23. The van der Waals surface area contributed by atoms with Gasteiger partial charge in [0.05, 0.1) is 5.57 Å².